The van der Waals surface area contributed by atoms with E-state index in [0.717, 1.165) is 22.1 Å². The number of aromatic amines is 1. The number of pyridine rings is 1. The number of sulfonamides is 1. The molecule has 0 saturated heterocycles. The monoisotopic (exact) mass is 501 g/mol. The molecule has 0 bridgehead atoms. The molecule has 180 valence electrons. The van der Waals surface area contributed by atoms with Crippen molar-refractivity contribution in [1.82, 2.24) is 24.2 Å². The van der Waals surface area contributed by atoms with Crippen molar-refractivity contribution >= 4 is 27.0 Å². The highest BCUT2D eigenvalue weighted by Gasteiger charge is 2.31. The summed E-state index contributed by atoms with van der Waals surface area (Å²) < 4.78 is 65.1. The van der Waals surface area contributed by atoms with Crippen LogP contribution in [0.3, 0.4) is 0 Å². The summed E-state index contributed by atoms with van der Waals surface area (Å²) in [5, 5.41) is 12.6. The Labute approximate surface area is 198 Å². The molecule has 3 heterocycles. The summed E-state index contributed by atoms with van der Waals surface area (Å²) in [6.07, 6.45) is -1.13. The van der Waals surface area contributed by atoms with Crippen molar-refractivity contribution < 1.29 is 21.6 Å². The molecule has 0 unspecified atom stereocenters. The molecule has 9 nitrogen and oxygen atoms in total. The first-order valence-corrected chi connectivity index (χ1v) is 11.5. The Morgan fingerprint density at radius 3 is 2.49 bits per heavy atom. The van der Waals surface area contributed by atoms with Gasteiger partial charge in [0.1, 0.15) is 11.7 Å². The number of halogens is 3. The number of aromatic nitrogens is 4. The summed E-state index contributed by atoms with van der Waals surface area (Å²) in [6, 6.07) is 9.14. The van der Waals surface area contributed by atoms with Crippen LogP contribution in [0.25, 0.3) is 22.3 Å². The molecule has 13 heteroatoms. The third-order valence-electron chi connectivity index (χ3n) is 5.18. The molecule has 0 fully saturated rings. The molecule has 0 aliphatic heterocycles. The number of fused-ring (bicyclic) bond motifs is 1. The fourth-order valence-corrected chi connectivity index (χ4v) is 4.18. The number of nitrogens with zero attached hydrogens (tertiary/aromatic N) is 5. The summed E-state index contributed by atoms with van der Waals surface area (Å²) in [6.45, 7) is 0.237. The van der Waals surface area contributed by atoms with Crippen molar-refractivity contribution in [3.63, 3.8) is 0 Å². The van der Waals surface area contributed by atoms with E-state index in [1.807, 2.05) is 6.07 Å². The number of hydrogen-bond donors (Lipinski definition) is 2. The van der Waals surface area contributed by atoms with Crippen LogP contribution in [0.1, 0.15) is 16.7 Å². The van der Waals surface area contributed by atoms with Crippen molar-refractivity contribution in [2.75, 3.05) is 19.4 Å². The Kier molecular flexibility index (Phi) is 6.18. The van der Waals surface area contributed by atoms with Gasteiger partial charge in [-0.05, 0) is 23.8 Å². The van der Waals surface area contributed by atoms with E-state index >= 15 is 0 Å². The number of benzene rings is 1. The van der Waals surface area contributed by atoms with E-state index in [2.05, 4.69) is 25.3 Å². The van der Waals surface area contributed by atoms with Crippen LogP contribution in [-0.4, -0.2) is 46.8 Å². The Balaban J connectivity index is 1.63. The topological polar surface area (TPSA) is 128 Å². The maximum atomic E-state index is 13.2. The minimum Gasteiger partial charge on any atom is -0.350 e. The van der Waals surface area contributed by atoms with Crippen LogP contribution in [0.4, 0.5) is 19.1 Å². The third-order valence-corrected chi connectivity index (χ3v) is 7.00. The smallest absolute Gasteiger partial charge is 0.350 e. The number of hydrogen-bond acceptors (Lipinski definition) is 7. The Bertz CT molecular complexity index is 1540. The first-order chi connectivity index (χ1) is 16.5. The van der Waals surface area contributed by atoms with Gasteiger partial charge in [-0.25, -0.2) is 27.7 Å². The lowest BCUT2D eigenvalue weighted by Crippen LogP contribution is -2.22. The molecule has 0 saturated carbocycles. The fourth-order valence-electron chi connectivity index (χ4n) is 3.28. The first-order valence-electron chi connectivity index (χ1n) is 10.1. The number of H-pyrrole nitrogens is 1. The normalized spacial score (nSPS) is 12.1. The number of anilines is 1. The van der Waals surface area contributed by atoms with E-state index in [1.165, 1.54) is 38.6 Å². The van der Waals surface area contributed by atoms with Gasteiger partial charge in [0.05, 0.1) is 27.9 Å². The molecule has 0 radical (unpaired) electrons. The van der Waals surface area contributed by atoms with Crippen molar-refractivity contribution in [3.8, 4) is 17.3 Å². The number of alkyl halides is 3. The van der Waals surface area contributed by atoms with Crippen molar-refractivity contribution in [2.45, 2.75) is 17.6 Å². The molecule has 4 aromatic rings. The van der Waals surface area contributed by atoms with Gasteiger partial charge < -0.3 is 10.3 Å². The van der Waals surface area contributed by atoms with Gasteiger partial charge in [0.15, 0.2) is 0 Å². The summed E-state index contributed by atoms with van der Waals surface area (Å²) in [5.74, 6) is 0.137. The molecule has 0 aliphatic rings. The van der Waals surface area contributed by atoms with Crippen LogP contribution in [-0.2, 0) is 22.7 Å². The van der Waals surface area contributed by atoms with E-state index in [0.29, 0.717) is 0 Å². The van der Waals surface area contributed by atoms with Gasteiger partial charge in [-0.1, -0.05) is 12.1 Å². The van der Waals surface area contributed by atoms with Crippen LogP contribution in [0.2, 0.25) is 0 Å². The summed E-state index contributed by atoms with van der Waals surface area (Å²) in [4.78, 5) is 15.2. The zero-order valence-corrected chi connectivity index (χ0v) is 19.2. The lowest BCUT2D eigenvalue weighted by atomic mass is 10.1. The molecule has 4 rings (SSSR count). The number of nitriles is 1. The van der Waals surface area contributed by atoms with Crippen LogP contribution in [0.15, 0.2) is 53.8 Å². The zero-order valence-electron chi connectivity index (χ0n) is 18.4. The molecule has 2 N–H and O–H groups in total. The summed E-state index contributed by atoms with van der Waals surface area (Å²) in [7, 11) is -0.665. The standard InChI is InChI=1S/C22H18F3N7O2S/c1-32(2)35(33,34)16-5-3-13(4-6-16)9-29-21-30-10-14(8-26)19(31-21)18-12-28-20-17(18)7-15(11-27-20)22(23,24)25/h3-7,10-12H,9H2,1-2H3,(H,27,28)(H,29,30,31). The highest BCUT2D eigenvalue weighted by Crippen LogP contribution is 2.34. The number of rotatable bonds is 6. The largest absolute Gasteiger partial charge is 0.417 e. The molecular weight excluding hydrogens is 483 g/mol. The SMILES string of the molecule is CN(C)S(=O)(=O)c1ccc(CNc2ncc(C#N)c(-c3c[nH]c4ncc(C(F)(F)F)cc34)n2)cc1. The van der Waals surface area contributed by atoms with Gasteiger partial charge in [-0.2, -0.15) is 18.4 Å². The van der Waals surface area contributed by atoms with Crippen LogP contribution >= 0.6 is 0 Å². The Hall–Kier alpha value is -4.02. The van der Waals surface area contributed by atoms with E-state index in [1.54, 1.807) is 12.1 Å². The predicted octanol–water partition coefficient (Wildman–Crippen LogP) is 3.77. The highest BCUT2D eigenvalue weighted by molar-refractivity contribution is 7.89. The summed E-state index contributed by atoms with van der Waals surface area (Å²) in [5.41, 5.74) is 0.536. The fraction of sp³-hybridized carbons (Fsp3) is 0.182. The average molecular weight is 501 g/mol. The van der Waals surface area contributed by atoms with Gasteiger partial charge in [0.25, 0.3) is 0 Å². The molecule has 35 heavy (non-hydrogen) atoms. The number of nitrogens with one attached hydrogen (secondary N) is 2. The van der Waals surface area contributed by atoms with Crippen molar-refractivity contribution in [1.29, 1.82) is 5.26 Å². The van der Waals surface area contributed by atoms with Crippen molar-refractivity contribution in [2.24, 2.45) is 0 Å². The highest BCUT2D eigenvalue weighted by atomic mass is 32.2. The minimum atomic E-state index is -4.58. The van der Waals surface area contributed by atoms with E-state index < -0.39 is 21.8 Å². The van der Waals surface area contributed by atoms with E-state index in [-0.39, 0.29) is 45.2 Å². The zero-order chi connectivity index (χ0) is 25.4. The summed E-state index contributed by atoms with van der Waals surface area (Å²) >= 11 is 0. The lowest BCUT2D eigenvalue weighted by molar-refractivity contribution is -0.137. The second-order valence-corrected chi connectivity index (χ2v) is 9.82. The molecule has 1 aromatic carbocycles. The van der Waals surface area contributed by atoms with Gasteiger partial charge in [-0.3, -0.25) is 0 Å². The molecular formula is C22H18F3N7O2S. The second kappa shape index (κ2) is 8.97. The van der Waals surface area contributed by atoms with E-state index in [4.69, 9.17) is 0 Å². The first kappa shape index (κ1) is 24.1. The van der Waals surface area contributed by atoms with Gasteiger partial charge in [0.2, 0.25) is 16.0 Å². The van der Waals surface area contributed by atoms with Crippen LogP contribution in [0, 0.1) is 11.3 Å². The van der Waals surface area contributed by atoms with Crippen LogP contribution in [0.5, 0.6) is 0 Å². The second-order valence-electron chi connectivity index (χ2n) is 7.67. The van der Waals surface area contributed by atoms with Crippen LogP contribution < -0.4 is 5.32 Å². The maximum absolute atomic E-state index is 13.2. The van der Waals surface area contributed by atoms with Gasteiger partial charge in [0, 0.05) is 44.0 Å². The lowest BCUT2D eigenvalue weighted by Gasteiger charge is -2.12. The molecule has 3 aromatic heterocycles. The van der Waals surface area contributed by atoms with Gasteiger partial charge in [-0.15, -0.1) is 0 Å². The Morgan fingerprint density at radius 2 is 1.86 bits per heavy atom. The third kappa shape index (κ3) is 4.79. The van der Waals surface area contributed by atoms with E-state index in [9.17, 15) is 26.9 Å². The minimum absolute atomic E-state index is 0.0760. The average Bonchev–Trinajstić information content (AvgIpc) is 3.25. The molecule has 0 aliphatic carbocycles. The predicted molar refractivity (Wildman–Crippen MR) is 121 cm³/mol. The molecule has 0 spiro atoms. The Morgan fingerprint density at radius 1 is 1.14 bits per heavy atom. The molecule has 0 atom stereocenters. The maximum Gasteiger partial charge on any atom is 0.417 e. The van der Waals surface area contributed by atoms with Crippen molar-refractivity contribution in [3.05, 3.63) is 65.6 Å². The molecule has 0 amide bonds. The quantitative estimate of drug-likeness (QED) is 0.412. The van der Waals surface area contributed by atoms with Gasteiger partial charge >= 0.3 is 6.18 Å².